The first-order chi connectivity index (χ1) is 12.5. The van der Waals surface area contributed by atoms with Gasteiger partial charge in [-0.05, 0) is 30.3 Å². The largest absolute Gasteiger partial charge is 0.460 e. The number of hydrogen-bond donors (Lipinski definition) is 1. The topological polar surface area (TPSA) is 79.6 Å². The number of nitrogens with one attached hydrogen (secondary N) is 1. The normalized spacial score (nSPS) is 12.7. The number of benzene rings is 1. The maximum absolute atomic E-state index is 12.9. The third kappa shape index (κ3) is 5.97. The smallest absolute Gasteiger partial charge is 0.418 e. The van der Waals surface area contributed by atoms with E-state index in [0.29, 0.717) is 5.76 Å². The SMILES string of the molecule is CN(Cc1ccc(/C=C/C(=O)Nc2ccccc2C(F)(F)F)o1)S(C)(=O)=O. The van der Waals surface area contributed by atoms with Gasteiger partial charge in [-0.3, -0.25) is 4.79 Å². The molecule has 10 heteroatoms. The molecule has 0 aliphatic rings. The molecule has 1 aromatic carbocycles. The highest BCUT2D eigenvalue weighted by atomic mass is 32.2. The second kappa shape index (κ2) is 7.97. The van der Waals surface area contributed by atoms with Crippen molar-refractivity contribution in [2.75, 3.05) is 18.6 Å². The van der Waals surface area contributed by atoms with Gasteiger partial charge in [-0.1, -0.05) is 12.1 Å². The van der Waals surface area contributed by atoms with Gasteiger partial charge >= 0.3 is 6.18 Å². The summed E-state index contributed by atoms with van der Waals surface area (Å²) >= 11 is 0. The van der Waals surface area contributed by atoms with Crippen LogP contribution in [0.5, 0.6) is 0 Å². The standard InChI is InChI=1S/C17H17F3N2O4S/c1-22(27(2,24)25)11-13-8-7-12(26-13)9-10-16(23)21-15-6-4-3-5-14(15)17(18,19)20/h3-10H,11H2,1-2H3,(H,21,23)/b10-9+. The van der Waals surface area contributed by atoms with Crippen LogP contribution in [0, 0.1) is 0 Å². The van der Waals surface area contributed by atoms with Crippen molar-refractivity contribution in [1.29, 1.82) is 0 Å². The van der Waals surface area contributed by atoms with Gasteiger partial charge in [0.05, 0.1) is 24.1 Å². The lowest BCUT2D eigenvalue weighted by molar-refractivity contribution is -0.136. The Balaban J connectivity index is 2.04. The highest BCUT2D eigenvalue weighted by molar-refractivity contribution is 7.88. The van der Waals surface area contributed by atoms with Crippen molar-refractivity contribution in [3.05, 3.63) is 59.6 Å². The number of carbonyl (C=O) groups excluding carboxylic acids is 1. The molecule has 0 spiro atoms. The monoisotopic (exact) mass is 402 g/mol. The fourth-order valence-electron chi connectivity index (χ4n) is 2.08. The lowest BCUT2D eigenvalue weighted by Crippen LogP contribution is -2.24. The predicted octanol–water partition coefficient (Wildman–Crippen LogP) is 3.34. The van der Waals surface area contributed by atoms with Gasteiger partial charge < -0.3 is 9.73 Å². The van der Waals surface area contributed by atoms with Crippen LogP contribution in [0.15, 0.2) is 46.9 Å². The number of para-hydroxylation sites is 1. The molecule has 0 unspecified atom stereocenters. The van der Waals surface area contributed by atoms with E-state index < -0.39 is 27.7 Å². The van der Waals surface area contributed by atoms with Gasteiger partial charge in [-0.15, -0.1) is 0 Å². The summed E-state index contributed by atoms with van der Waals surface area (Å²) in [5.74, 6) is -0.158. The van der Waals surface area contributed by atoms with Gasteiger partial charge in [0.2, 0.25) is 15.9 Å². The number of nitrogens with zero attached hydrogens (tertiary/aromatic N) is 1. The summed E-state index contributed by atoms with van der Waals surface area (Å²) in [7, 11) is -1.98. The predicted molar refractivity (Wildman–Crippen MR) is 94.1 cm³/mol. The Bertz CT molecular complexity index is 949. The molecular formula is C17H17F3N2O4S. The summed E-state index contributed by atoms with van der Waals surface area (Å²) in [5, 5.41) is 2.17. The summed E-state index contributed by atoms with van der Waals surface area (Å²) in [4.78, 5) is 11.9. The van der Waals surface area contributed by atoms with Crippen LogP contribution in [0.1, 0.15) is 17.1 Å². The van der Waals surface area contributed by atoms with Crippen molar-refractivity contribution in [3.8, 4) is 0 Å². The van der Waals surface area contributed by atoms with Gasteiger partial charge in [-0.2, -0.15) is 17.5 Å². The minimum absolute atomic E-state index is 0.0117. The van der Waals surface area contributed by atoms with Crippen LogP contribution in [-0.2, 0) is 27.5 Å². The first-order valence-corrected chi connectivity index (χ1v) is 9.47. The molecule has 0 radical (unpaired) electrons. The molecule has 0 atom stereocenters. The minimum Gasteiger partial charge on any atom is -0.460 e. The van der Waals surface area contributed by atoms with Crippen molar-refractivity contribution in [1.82, 2.24) is 4.31 Å². The van der Waals surface area contributed by atoms with Gasteiger partial charge in [0.15, 0.2) is 0 Å². The molecule has 1 amide bonds. The van der Waals surface area contributed by atoms with Crippen LogP contribution < -0.4 is 5.32 Å². The van der Waals surface area contributed by atoms with Crippen molar-refractivity contribution >= 4 is 27.7 Å². The van der Waals surface area contributed by atoms with Crippen LogP contribution in [0.2, 0.25) is 0 Å². The molecule has 2 aromatic rings. The second-order valence-corrected chi connectivity index (χ2v) is 7.78. The average molecular weight is 402 g/mol. The van der Waals surface area contributed by atoms with Crippen molar-refractivity contribution in [2.24, 2.45) is 0 Å². The molecule has 1 N–H and O–H groups in total. The summed E-state index contributed by atoms with van der Waals surface area (Å²) in [6.45, 7) is 0.0117. The van der Waals surface area contributed by atoms with Crippen LogP contribution in [-0.4, -0.2) is 31.9 Å². The van der Waals surface area contributed by atoms with E-state index in [1.165, 1.54) is 37.4 Å². The molecule has 0 fully saturated rings. The maximum Gasteiger partial charge on any atom is 0.418 e. The van der Waals surface area contributed by atoms with Crippen LogP contribution in [0.25, 0.3) is 6.08 Å². The summed E-state index contributed by atoms with van der Waals surface area (Å²) in [6, 6.07) is 7.69. The number of carbonyl (C=O) groups is 1. The van der Waals surface area contributed by atoms with E-state index in [9.17, 15) is 26.4 Å². The second-order valence-electron chi connectivity index (χ2n) is 5.69. The van der Waals surface area contributed by atoms with Gasteiger partial charge in [0, 0.05) is 13.1 Å². The maximum atomic E-state index is 12.9. The molecule has 1 heterocycles. The quantitative estimate of drug-likeness (QED) is 0.752. The molecule has 146 valence electrons. The minimum atomic E-state index is -4.59. The van der Waals surface area contributed by atoms with Gasteiger partial charge in [0.25, 0.3) is 0 Å². The molecule has 0 saturated carbocycles. The number of alkyl halides is 3. The highest BCUT2D eigenvalue weighted by Crippen LogP contribution is 2.34. The Morgan fingerprint density at radius 1 is 1.22 bits per heavy atom. The van der Waals surface area contributed by atoms with E-state index in [0.717, 1.165) is 28.8 Å². The molecular weight excluding hydrogens is 385 g/mol. The number of rotatable bonds is 6. The lowest BCUT2D eigenvalue weighted by Gasteiger charge is -2.12. The van der Waals surface area contributed by atoms with E-state index in [4.69, 9.17) is 4.42 Å². The van der Waals surface area contributed by atoms with Crippen molar-refractivity contribution in [2.45, 2.75) is 12.7 Å². The van der Waals surface area contributed by atoms with Crippen molar-refractivity contribution in [3.63, 3.8) is 0 Å². The molecule has 27 heavy (non-hydrogen) atoms. The molecule has 0 saturated heterocycles. The summed E-state index contributed by atoms with van der Waals surface area (Å²) in [5.41, 5.74) is -1.30. The number of amides is 1. The third-order valence-electron chi connectivity index (χ3n) is 3.52. The number of anilines is 1. The van der Waals surface area contributed by atoms with E-state index >= 15 is 0 Å². The van der Waals surface area contributed by atoms with E-state index in [2.05, 4.69) is 5.32 Å². The molecule has 0 bridgehead atoms. The molecule has 0 aliphatic heterocycles. The zero-order chi connectivity index (χ0) is 20.2. The molecule has 6 nitrogen and oxygen atoms in total. The zero-order valence-electron chi connectivity index (χ0n) is 14.4. The summed E-state index contributed by atoms with van der Waals surface area (Å²) < 4.78 is 67.9. The fraction of sp³-hybridized carbons (Fsp3) is 0.235. The number of halogens is 3. The average Bonchev–Trinajstić information content (AvgIpc) is 2.99. The van der Waals surface area contributed by atoms with Gasteiger partial charge in [0.1, 0.15) is 11.5 Å². The highest BCUT2D eigenvalue weighted by Gasteiger charge is 2.33. The third-order valence-corrected chi connectivity index (χ3v) is 4.78. The van der Waals surface area contributed by atoms with Crippen LogP contribution in [0.4, 0.5) is 18.9 Å². The first kappa shape index (κ1) is 20.7. The van der Waals surface area contributed by atoms with Crippen LogP contribution >= 0.6 is 0 Å². The number of hydrogen-bond acceptors (Lipinski definition) is 4. The first-order valence-electron chi connectivity index (χ1n) is 7.62. The Labute approximate surface area is 154 Å². The Hall–Kier alpha value is -2.59. The Kier molecular flexibility index (Phi) is 6.11. The van der Waals surface area contributed by atoms with E-state index in [1.54, 1.807) is 0 Å². The Morgan fingerprint density at radius 3 is 2.52 bits per heavy atom. The van der Waals surface area contributed by atoms with Gasteiger partial charge in [-0.25, -0.2) is 8.42 Å². The number of sulfonamides is 1. The Morgan fingerprint density at radius 2 is 1.89 bits per heavy atom. The molecule has 0 aliphatic carbocycles. The number of furan rings is 1. The van der Waals surface area contributed by atoms with E-state index in [-0.39, 0.29) is 18.0 Å². The lowest BCUT2D eigenvalue weighted by atomic mass is 10.1. The van der Waals surface area contributed by atoms with Crippen molar-refractivity contribution < 1.29 is 30.8 Å². The molecule has 2 rings (SSSR count). The fourth-order valence-corrected chi connectivity index (χ4v) is 2.44. The zero-order valence-corrected chi connectivity index (χ0v) is 15.3. The van der Waals surface area contributed by atoms with E-state index in [1.807, 2.05) is 0 Å². The molecule has 1 aromatic heterocycles. The summed E-state index contributed by atoms with van der Waals surface area (Å²) in [6.07, 6.45) is -1.24. The van der Waals surface area contributed by atoms with Crippen LogP contribution in [0.3, 0.4) is 0 Å².